The molecular weight excluding hydrogens is 324 g/mol. The Balaban J connectivity index is 1.69. The van der Waals surface area contributed by atoms with Crippen LogP contribution in [0.25, 0.3) is 0 Å². The van der Waals surface area contributed by atoms with Crippen LogP contribution in [0.5, 0.6) is 5.75 Å². The molecule has 1 heterocycles. The standard InChI is InChI=1S/C19H21ClN2O2/c1-14-4-3-5-16(12-14)21-8-10-22(11-9-21)19(23)17-7-6-15(20)13-18(17)24-2/h3-7,12-13H,8-11H2,1-2H3. The minimum Gasteiger partial charge on any atom is -0.496 e. The molecular formula is C19H21ClN2O2. The third-order valence-corrected chi connectivity index (χ3v) is 4.56. The van der Waals surface area contributed by atoms with E-state index in [9.17, 15) is 4.79 Å². The minimum absolute atomic E-state index is 0.00703. The average molecular weight is 345 g/mol. The Kier molecular flexibility index (Phi) is 4.95. The molecule has 0 unspecified atom stereocenters. The second-order valence-corrected chi connectivity index (χ2v) is 6.40. The molecule has 1 amide bonds. The lowest BCUT2D eigenvalue weighted by Gasteiger charge is -2.36. The van der Waals surface area contributed by atoms with E-state index in [-0.39, 0.29) is 5.91 Å². The van der Waals surface area contributed by atoms with E-state index in [2.05, 4.69) is 36.1 Å². The highest BCUT2D eigenvalue weighted by atomic mass is 35.5. The Morgan fingerprint density at radius 1 is 1.08 bits per heavy atom. The van der Waals surface area contributed by atoms with Gasteiger partial charge in [0.25, 0.3) is 5.91 Å². The molecule has 4 nitrogen and oxygen atoms in total. The first-order chi connectivity index (χ1) is 11.6. The lowest BCUT2D eigenvalue weighted by molar-refractivity contribution is 0.0743. The molecule has 24 heavy (non-hydrogen) atoms. The number of hydrogen-bond donors (Lipinski definition) is 0. The molecule has 0 saturated carbocycles. The summed E-state index contributed by atoms with van der Waals surface area (Å²) in [4.78, 5) is 17.0. The molecule has 126 valence electrons. The summed E-state index contributed by atoms with van der Waals surface area (Å²) in [5.74, 6) is 0.515. The second kappa shape index (κ2) is 7.14. The summed E-state index contributed by atoms with van der Waals surface area (Å²) >= 11 is 5.97. The number of halogens is 1. The molecule has 5 heteroatoms. The third-order valence-electron chi connectivity index (χ3n) is 4.33. The Morgan fingerprint density at radius 2 is 1.83 bits per heavy atom. The number of benzene rings is 2. The van der Waals surface area contributed by atoms with Crippen molar-refractivity contribution in [2.45, 2.75) is 6.92 Å². The van der Waals surface area contributed by atoms with Crippen molar-refractivity contribution in [2.75, 3.05) is 38.2 Å². The van der Waals surface area contributed by atoms with Crippen molar-refractivity contribution >= 4 is 23.2 Å². The van der Waals surface area contributed by atoms with Crippen molar-refractivity contribution in [3.63, 3.8) is 0 Å². The van der Waals surface area contributed by atoms with Gasteiger partial charge in [-0.15, -0.1) is 0 Å². The van der Waals surface area contributed by atoms with Gasteiger partial charge in [0.2, 0.25) is 0 Å². The molecule has 0 bridgehead atoms. The van der Waals surface area contributed by atoms with Gasteiger partial charge in [0.15, 0.2) is 0 Å². The number of carbonyl (C=O) groups is 1. The molecule has 0 N–H and O–H groups in total. The molecule has 2 aromatic carbocycles. The van der Waals surface area contributed by atoms with E-state index < -0.39 is 0 Å². The summed E-state index contributed by atoms with van der Waals surface area (Å²) in [6, 6.07) is 13.6. The first-order valence-corrected chi connectivity index (χ1v) is 8.40. The number of carbonyl (C=O) groups excluding carboxylic acids is 1. The third kappa shape index (κ3) is 3.49. The minimum atomic E-state index is -0.00703. The van der Waals surface area contributed by atoms with Crippen molar-refractivity contribution < 1.29 is 9.53 Å². The predicted octanol–water partition coefficient (Wildman–Crippen LogP) is 3.62. The van der Waals surface area contributed by atoms with Crippen LogP contribution in [-0.4, -0.2) is 44.1 Å². The van der Waals surface area contributed by atoms with Crippen molar-refractivity contribution in [3.05, 3.63) is 58.6 Å². The maximum Gasteiger partial charge on any atom is 0.257 e. The van der Waals surface area contributed by atoms with Crippen LogP contribution in [0.3, 0.4) is 0 Å². The Hall–Kier alpha value is -2.20. The molecule has 1 aliphatic heterocycles. The summed E-state index contributed by atoms with van der Waals surface area (Å²) in [5.41, 5.74) is 3.02. The van der Waals surface area contributed by atoms with Gasteiger partial charge in [0.05, 0.1) is 12.7 Å². The van der Waals surface area contributed by atoms with Crippen LogP contribution in [0.2, 0.25) is 5.02 Å². The SMILES string of the molecule is COc1cc(Cl)ccc1C(=O)N1CCN(c2cccc(C)c2)CC1. The average Bonchev–Trinajstić information content (AvgIpc) is 2.61. The first-order valence-electron chi connectivity index (χ1n) is 8.03. The number of aryl methyl sites for hydroxylation is 1. The zero-order valence-corrected chi connectivity index (χ0v) is 14.7. The predicted molar refractivity (Wildman–Crippen MR) is 97.3 cm³/mol. The fraction of sp³-hybridized carbons (Fsp3) is 0.316. The van der Waals surface area contributed by atoms with Gasteiger partial charge in [-0.05, 0) is 42.8 Å². The van der Waals surface area contributed by atoms with Crippen LogP contribution in [0.15, 0.2) is 42.5 Å². The van der Waals surface area contributed by atoms with Crippen LogP contribution in [0.4, 0.5) is 5.69 Å². The van der Waals surface area contributed by atoms with Crippen molar-refractivity contribution in [1.29, 1.82) is 0 Å². The molecule has 2 aromatic rings. The Morgan fingerprint density at radius 3 is 2.50 bits per heavy atom. The monoisotopic (exact) mass is 344 g/mol. The zero-order chi connectivity index (χ0) is 17.1. The van der Waals surface area contributed by atoms with Crippen molar-refractivity contribution in [2.24, 2.45) is 0 Å². The fourth-order valence-corrected chi connectivity index (χ4v) is 3.17. The molecule has 1 aliphatic rings. The number of methoxy groups -OCH3 is 1. The molecule has 1 fully saturated rings. The maximum absolute atomic E-state index is 12.8. The number of amides is 1. The summed E-state index contributed by atoms with van der Waals surface area (Å²) in [6.45, 7) is 5.13. The lowest BCUT2D eigenvalue weighted by atomic mass is 10.1. The molecule has 0 spiro atoms. The molecule has 3 rings (SSSR count). The van der Waals surface area contributed by atoms with Crippen LogP contribution >= 0.6 is 11.6 Å². The number of nitrogens with zero attached hydrogens (tertiary/aromatic N) is 2. The molecule has 0 aromatic heterocycles. The molecule has 0 aliphatic carbocycles. The van der Waals surface area contributed by atoms with Gasteiger partial charge in [-0.2, -0.15) is 0 Å². The topological polar surface area (TPSA) is 32.8 Å². The number of rotatable bonds is 3. The highest BCUT2D eigenvalue weighted by molar-refractivity contribution is 6.30. The largest absolute Gasteiger partial charge is 0.496 e. The van der Waals surface area contributed by atoms with E-state index in [0.717, 1.165) is 13.1 Å². The molecule has 0 atom stereocenters. The fourth-order valence-electron chi connectivity index (χ4n) is 3.00. The number of ether oxygens (including phenoxy) is 1. The van der Waals surface area contributed by atoms with E-state index in [0.29, 0.717) is 29.4 Å². The summed E-state index contributed by atoms with van der Waals surface area (Å²) in [6.07, 6.45) is 0. The van der Waals surface area contributed by atoms with Crippen LogP contribution in [-0.2, 0) is 0 Å². The van der Waals surface area contributed by atoms with Gasteiger partial charge in [-0.3, -0.25) is 4.79 Å². The zero-order valence-electron chi connectivity index (χ0n) is 14.0. The summed E-state index contributed by atoms with van der Waals surface area (Å²) < 4.78 is 5.30. The van der Waals surface area contributed by atoms with E-state index in [1.165, 1.54) is 11.3 Å². The van der Waals surface area contributed by atoms with Crippen LogP contribution < -0.4 is 9.64 Å². The Bertz CT molecular complexity index is 740. The number of piperazine rings is 1. The normalized spacial score (nSPS) is 14.6. The van der Waals surface area contributed by atoms with Crippen LogP contribution in [0, 0.1) is 6.92 Å². The van der Waals surface area contributed by atoms with Crippen molar-refractivity contribution in [3.8, 4) is 5.75 Å². The van der Waals surface area contributed by atoms with Gasteiger partial charge < -0.3 is 14.5 Å². The van der Waals surface area contributed by atoms with Gasteiger partial charge in [-0.1, -0.05) is 23.7 Å². The van der Waals surface area contributed by atoms with E-state index in [4.69, 9.17) is 16.3 Å². The Labute approximate surface area is 147 Å². The van der Waals surface area contributed by atoms with E-state index in [1.807, 2.05) is 4.90 Å². The maximum atomic E-state index is 12.8. The quantitative estimate of drug-likeness (QED) is 0.852. The molecule has 0 radical (unpaired) electrons. The van der Waals surface area contributed by atoms with Gasteiger partial charge in [0.1, 0.15) is 5.75 Å². The summed E-state index contributed by atoms with van der Waals surface area (Å²) in [5, 5.41) is 0.563. The van der Waals surface area contributed by atoms with Gasteiger partial charge in [0, 0.05) is 36.9 Å². The number of hydrogen-bond acceptors (Lipinski definition) is 3. The first kappa shape index (κ1) is 16.7. The smallest absolute Gasteiger partial charge is 0.257 e. The van der Waals surface area contributed by atoms with Crippen molar-refractivity contribution in [1.82, 2.24) is 4.90 Å². The van der Waals surface area contributed by atoms with E-state index in [1.54, 1.807) is 25.3 Å². The number of anilines is 1. The van der Waals surface area contributed by atoms with Crippen LogP contribution in [0.1, 0.15) is 15.9 Å². The van der Waals surface area contributed by atoms with Gasteiger partial charge in [-0.25, -0.2) is 0 Å². The van der Waals surface area contributed by atoms with Gasteiger partial charge >= 0.3 is 0 Å². The van der Waals surface area contributed by atoms with E-state index >= 15 is 0 Å². The highest BCUT2D eigenvalue weighted by Crippen LogP contribution is 2.25. The highest BCUT2D eigenvalue weighted by Gasteiger charge is 2.24. The second-order valence-electron chi connectivity index (χ2n) is 5.96. The lowest BCUT2D eigenvalue weighted by Crippen LogP contribution is -2.48. The summed E-state index contributed by atoms with van der Waals surface area (Å²) in [7, 11) is 1.55. The molecule has 1 saturated heterocycles.